The van der Waals surface area contributed by atoms with E-state index in [9.17, 15) is 9.90 Å². The molecule has 0 aliphatic rings. The Hall–Kier alpha value is -3.22. The maximum atomic E-state index is 11.9. The minimum atomic E-state index is -0.436. The van der Waals surface area contributed by atoms with Crippen LogP contribution in [-0.2, 0) is 0 Å². The molecule has 0 atom stereocenters. The van der Waals surface area contributed by atoms with Crippen molar-refractivity contribution < 1.29 is 24.1 Å². The molecule has 2 aromatic rings. The first-order valence-corrected chi connectivity index (χ1v) is 7.01. The summed E-state index contributed by atoms with van der Waals surface area (Å²) in [5.41, 5.74) is 3.34. The smallest absolute Gasteiger partial charge is 0.271 e. The van der Waals surface area contributed by atoms with Crippen LogP contribution in [0.5, 0.6) is 23.0 Å². The van der Waals surface area contributed by atoms with Crippen molar-refractivity contribution in [1.29, 1.82) is 0 Å². The second-order valence-electron chi connectivity index (χ2n) is 4.71. The Bertz CT molecular complexity index is 733. The highest BCUT2D eigenvalue weighted by atomic mass is 16.5. The van der Waals surface area contributed by atoms with Gasteiger partial charge in [-0.15, -0.1) is 0 Å². The quantitative estimate of drug-likeness (QED) is 0.626. The second kappa shape index (κ2) is 7.87. The van der Waals surface area contributed by atoms with Crippen LogP contribution >= 0.6 is 0 Å². The standard InChI is InChI=1S/C17H18N2O5/c1-22-14-7-11(8-15(23-2)16(14)24-3)10-18-19-17(21)12-5-4-6-13(20)9-12/h4-10,20H,1-3H3,(H,19,21)/b18-10+. The van der Waals surface area contributed by atoms with E-state index in [2.05, 4.69) is 10.5 Å². The Balaban J connectivity index is 2.15. The molecule has 2 rings (SSSR count). The minimum absolute atomic E-state index is 0.0104. The van der Waals surface area contributed by atoms with Crippen LogP contribution in [0.2, 0.25) is 0 Å². The van der Waals surface area contributed by atoms with Gasteiger partial charge in [0.15, 0.2) is 11.5 Å². The van der Waals surface area contributed by atoms with Crippen molar-refractivity contribution in [3.63, 3.8) is 0 Å². The monoisotopic (exact) mass is 330 g/mol. The van der Waals surface area contributed by atoms with E-state index in [0.717, 1.165) is 0 Å². The van der Waals surface area contributed by atoms with Gasteiger partial charge in [0.1, 0.15) is 5.75 Å². The van der Waals surface area contributed by atoms with Gasteiger partial charge < -0.3 is 19.3 Å². The fraction of sp³-hybridized carbons (Fsp3) is 0.176. The molecule has 126 valence electrons. The molecule has 0 bridgehead atoms. The van der Waals surface area contributed by atoms with Crippen molar-refractivity contribution in [1.82, 2.24) is 5.43 Å². The molecule has 0 aromatic heterocycles. The van der Waals surface area contributed by atoms with Crippen LogP contribution in [0.4, 0.5) is 0 Å². The molecule has 0 aliphatic carbocycles. The van der Waals surface area contributed by atoms with Crippen LogP contribution in [0.25, 0.3) is 0 Å². The van der Waals surface area contributed by atoms with Crippen molar-refractivity contribution in [3.05, 3.63) is 47.5 Å². The normalized spacial score (nSPS) is 10.5. The number of rotatable bonds is 6. The fourth-order valence-corrected chi connectivity index (χ4v) is 2.05. The first-order chi connectivity index (χ1) is 11.6. The van der Waals surface area contributed by atoms with E-state index in [1.165, 1.54) is 39.7 Å². The molecule has 0 spiro atoms. The fourth-order valence-electron chi connectivity index (χ4n) is 2.05. The van der Waals surface area contributed by atoms with Gasteiger partial charge in [-0.2, -0.15) is 5.10 Å². The number of methoxy groups -OCH3 is 3. The molecule has 0 heterocycles. The third-order valence-electron chi connectivity index (χ3n) is 3.18. The average molecular weight is 330 g/mol. The molecule has 0 saturated heterocycles. The van der Waals surface area contributed by atoms with Gasteiger partial charge in [-0.3, -0.25) is 4.79 Å². The Morgan fingerprint density at radius 1 is 1.08 bits per heavy atom. The van der Waals surface area contributed by atoms with Crippen molar-refractivity contribution in [3.8, 4) is 23.0 Å². The van der Waals surface area contributed by atoms with Gasteiger partial charge in [0.2, 0.25) is 5.75 Å². The largest absolute Gasteiger partial charge is 0.508 e. The van der Waals surface area contributed by atoms with E-state index >= 15 is 0 Å². The van der Waals surface area contributed by atoms with E-state index in [0.29, 0.717) is 28.4 Å². The second-order valence-corrected chi connectivity index (χ2v) is 4.71. The van der Waals surface area contributed by atoms with Crippen molar-refractivity contribution in [2.45, 2.75) is 0 Å². The van der Waals surface area contributed by atoms with Crippen LogP contribution in [-0.4, -0.2) is 38.6 Å². The number of nitrogens with zero attached hydrogens (tertiary/aromatic N) is 1. The Morgan fingerprint density at radius 2 is 1.75 bits per heavy atom. The summed E-state index contributed by atoms with van der Waals surface area (Å²) >= 11 is 0. The van der Waals surface area contributed by atoms with E-state index in [4.69, 9.17) is 14.2 Å². The number of amides is 1. The van der Waals surface area contributed by atoms with E-state index in [1.54, 1.807) is 24.3 Å². The summed E-state index contributed by atoms with van der Waals surface area (Å²) in [6.45, 7) is 0. The summed E-state index contributed by atoms with van der Waals surface area (Å²) in [4.78, 5) is 11.9. The lowest BCUT2D eigenvalue weighted by Crippen LogP contribution is -2.17. The maximum Gasteiger partial charge on any atom is 0.271 e. The number of hydrazone groups is 1. The number of nitrogens with one attached hydrogen (secondary N) is 1. The first kappa shape index (κ1) is 17.1. The molecule has 2 aromatic carbocycles. The molecule has 0 unspecified atom stereocenters. The van der Waals surface area contributed by atoms with Gasteiger partial charge in [0, 0.05) is 11.1 Å². The molecule has 0 fully saturated rings. The molecule has 0 radical (unpaired) electrons. The molecular formula is C17H18N2O5. The van der Waals surface area contributed by atoms with Gasteiger partial charge >= 0.3 is 0 Å². The number of aromatic hydroxyl groups is 1. The maximum absolute atomic E-state index is 11.9. The minimum Gasteiger partial charge on any atom is -0.508 e. The molecule has 1 amide bonds. The lowest BCUT2D eigenvalue weighted by Gasteiger charge is -2.12. The number of ether oxygens (including phenoxy) is 3. The topological polar surface area (TPSA) is 89.4 Å². The third-order valence-corrected chi connectivity index (χ3v) is 3.18. The van der Waals surface area contributed by atoms with Gasteiger partial charge in [0.25, 0.3) is 5.91 Å². The van der Waals surface area contributed by atoms with Gasteiger partial charge in [-0.25, -0.2) is 5.43 Å². The van der Waals surface area contributed by atoms with Crippen LogP contribution in [0, 0.1) is 0 Å². The highest BCUT2D eigenvalue weighted by Gasteiger charge is 2.12. The highest BCUT2D eigenvalue weighted by molar-refractivity contribution is 5.95. The summed E-state index contributed by atoms with van der Waals surface area (Å²) < 4.78 is 15.7. The number of carbonyl (C=O) groups is 1. The van der Waals surface area contributed by atoms with E-state index in [1.807, 2.05) is 0 Å². The molecule has 24 heavy (non-hydrogen) atoms. The summed E-state index contributed by atoms with van der Waals surface area (Å²) in [5.74, 6) is 1.02. The lowest BCUT2D eigenvalue weighted by molar-refractivity contribution is 0.0954. The number of benzene rings is 2. The number of hydrogen-bond acceptors (Lipinski definition) is 6. The zero-order valence-electron chi connectivity index (χ0n) is 13.6. The number of hydrogen-bond donors (Lipinski definition) is 2. The summed E-state index contributed by atoms with van der Waals surface area (Å²) in [7, 11) is 4.55. The van der Waals surface area contributed by atoms with Gasteiger partial charge in [0.05, 0.1) is 27.5 Å². The predicted molar refractivity (Wildman–Crippen MR) is 89.3 cm³/mol. The summed E-state index contributed by atoms with van der Waals surface area (Å²) in [6.07, 6.45) is 1.45. The van der Waals surface area contributed by atoms with Gasteiger partial charge in [-0.05, 0) is 30.3 Å². The van der Waals surface area contributed by atoms with Crippen LogP contribution in [0.1, 0.15) is 15.9 Å². The average Bonchev–Trinajstić information content (AvgIpc) is 2.60. The predicted octanol–water partition coefficient (Wildman–Crippen LogP) is 2.18. The first-order valence-electron chi connectivity index (χ1n) is 7.01. The number of phenolic OH excluding ortho intramolecular Hbond substituents is 1. The summed E-state index contributed by atoms with van der Waals surface area (Å²) in [6, 6.07) is 9.38. The van der Waals surface area contributed by atoms with Crippen molar-refractivity contribution in [2.24, 2.45) is 5.10 Å². The van der Waals surface area contributed by atoms with Crippen LogP contribution < -0.4 is 19.6 Å². The number of carbonyl (C=O) groups excluding carboxylic acids is 1. The molecular weight excluding hydrogens is 312 g/mol. The zero-order chi connectivity index (χ0) is 17.5. The SMILES string of the molecule is COc1cc(/C=N/NC(=O)c2cccc(O)c2)cc(OC)c1OC. The van der Waals surface area contributed by atoms with Crippen LogP contribution in [0.15, 0.2) is 41.5 Å². The zero-order valence-corrected chi connectivity index (χ0v) is 13.6. The van der Waals surface area contributed by atoms with E-state index in [-0.39, 0.29) is 5.75 Å². The van der Waals surface area contributed by atoms with E-state index < -0.39 is 5.91 Å². The molecule has 7 nitrogen and oxygen atoms in total. The Morgan fingerprint density at radius 3 is 2.29 bits per heavy atom. The summed E-state index contributed by atoms with van der Waals surface area (Å²) in [5, 5.41) is 13.3. The van der Waals surface area contributed by atoms with Crippen molar-refractivity contribution in [2.75, 3.05) is 21.3 Å². The lowest BCUT2D eigenvalue weighted by atomic mass is 10.2. The molecule has 0 aliphatic heterocycles. The van der Waals surface area contributed by atoms with Gasteiger partial charge in [-0.1, -0.05) is 6.07 Å². The Labute approximate surface area is 139 Å². The van der Waals surface area contributed by atoms with Crippen molar-refractivity contribution >= 4 is 12.1 Å². The Kier molecular flexibility index (Phi) is 5.62. The molecule has 7 heteroatoms. The highest BCUT2D eigenvalue weighted by Crippen LogP contribution is 2.37. The number of phenols is 1. The molecule has 0 saturated carbocycles. The molecule has 2 N–H and O–H groups in total. The third kappa shape index (κ3) is 3.95. The van der Waals surface area contributed by atoms with Crippen LogP contribution in [0.3, 0.4) is 0 Å².